The number of benzene rings is 3. The van der Waals surface area contributed by atoms with Crippen LogP contribution >= 0.6 is 0 Å². The molecule has 0 aliphatic carbocycles. The van der Waals surface area contributed by atoms with Crippen LogP contribution in [0.5, 0.6) is 11.5 Å². The Morgan fingerprint density at radius 1 is 0.867 bits per heavy atom. The first-order chi connectivity index (χ1) is 20.8. The van der Waals surface area contributed by atoms with Gasteiger partial charge in [0.1, 0.15) is 11.6 Å². The number of rotatable bonds is 10. The molecule has 5 nitrogen and oxygen atoms in total. The smallest absolute Gasteiger partial charge is 0.435 e. The Labute approximate surface area is 250 Å². The summed E-state index contributed by atoms with van der Waals surface area (Å²) >= 11 is 0. The Morgan fingerprint density at radius 3 is 2.00 bits per heavy atom. The molecule has 15 heteroatoms. The van der Waals surface area contributed by atoms with Crippen LogP contribution in [0, 0.1) is 19.7 Å². The fourth-order valence-corrected chi connectivity index (χ4v) is 4.76. The number of ketones is 1. The van der Waals surface area contributed by atoms with Gasteiger partial charge < -0.3 is 14.4 Å². The molecule has 0 aliphatic rings. The highest BCUT2D eigenvalue weighted by Gasteiger charge is 2.73. The third-order valence-electron chi connectivity index (χ3n) is 6.93. The first kappa shape index (κ1) is 35.2. The van der Waals surface area contributed by atoms with Gasteiger partial charge in [-0.15, -0.1) is 0 Å². The van der Waals surface area contributed by atoms with Gasteiger partial charge in [-0.2, -0.15) is 35.1 Å². The lowest BCUT2D eigenvalue weighted by molar-refractivity contribution is -0.348. The summed E-state index contributed by atoms with van der Waals surface area (Å²) in [6.45, 7) is 0.255. The molecular formula is C30H25F10NO4. The molecule has 3 aromatic carbocycles. The molecule has 0 unspecified atom stereocenters. The number of hydrogen-bond donors (Lipinski definition) is 0. The molecule has 0 spiro atoms. The number of aryl methyl sites for hydroxylation is 2. The number of anilines is 1. The molecule has 0 aliphatic heterocycles. The molecule has 3 rings (SSSR count). The highest BCUT2D eigenvalue weighted by atomic mass is 19.4. The number of para-hydroxylation sites is 1. The maximum absolute atomic E-state index is 14.8. The number of halogens is 10. The predicted molar refractivity (Wildman–Crippen MR) is 142 cm³/mol. The second kappa shape index (κ2) is 13.0. The molecule has 244 valence electrons. The van der Waals surface area contributed by atoms with E-state index < -0.39 is 71.0 Å². The lowest BCUT2D eigenvalue weighted by atomic mass is 9.89. The molecule has 0 radical (unpaired) electrons. The summed E-state index contributed by atoms with van der Waals surface area (Å²) in [7, 11) is 1.15. The number of amides is 1. The number of methoxy groups -OCH3 is 1. The second-order valence-electron chi connectivity index (χ2n) is 9.77. The van der Waals surface area contributed by atoms with Crippen molar-refractivity contribution in [2.45, 2.75) is 51.8 Å². The van der Waals surface area contributed by atoms with Crippen molar-refractivity contribution in [3.8, 4) is 11.5 Å². The van der Waals surface area contributed by atoms with Crippen molar-refractivity contribution < 1.29 is 63.0 Å². The van der Waals surface area contributed by atoms with Gasteiger partial charge in [0.25, 0.3) is 5.91 Å². The van der Waals surface area contributed by atoms with E-state index in [0.29, 0.717) is 5.56 Å². The summed E-state index contributed by atoms with van der Waals surface area (Å²) in [5, 5.41) is 0. The lowest BCUT2D eigenvalue weighted by Crippen LogP contribution is -2.50. The molecule has 0 atom stereocenters. The van der Waals surface area contributed by atoms with E-state index in [-0.39, 0.29) is 41.2 Å². The number of alkyl halides is 9. The maximum atomic E-state index is 14.8. The van der Waals surface area contributed by atoms with Crippen molar-refractivity contribution in [2.24, 2.45) is 0 Å². The molecule has 45 heavy (non-hydrogen) atoms. The van der Waals surface area contributed by atoms with Crippen molar-refractivity contribution in [2.75, 3.05) is 18.6 Å². The summed E-state index contributed by atoms with van der Waals surface area (Å²) in [6, 6.07) is 7.44. The Balaban J connectivity index is 2.12. The Bertz CT molecular complexity index is 1570. The third kappa shape index (κ3) is 6.86. The van der Waals surface area contributed by atoms with Crippen molar-refractivity contribution in [1.82, 2.24) is 0 Å². The minimum atomic E-state index is -6.53. The van der Waals surface area contributed by atoms with E-state index in [1.54, 1.807) is 6.92 Å². The third-order valence-corrected chi connectivity index (χ3v) is 6.93. The van der Waals surface area contributed by atoms with Gasteiger partial charge in [0.05, 0.1) is 18.4 Å². The monoisotopic (exact) mass is 653 g/mol. The first-order valence-corrected chi connectivity index (χ1v) is 13.0. The molecule has 0 N–H and O–H groups in total. The van der Waals surface area contributed by atoms with Crippen LogP contribution in [0.2, 0.25) is 0 Å². The molecule has 0 heterocycles. The number of Topliss-reactive ketones (excluding diaryl/α,β-unsaturated/α-hetero) is 1. The van der Waals surface area contributed by atoms with E-state index in [9.17, 15) is 53.5 Å². The van der Waals surface area contributed by atoms with E-state index in [1.165, 1.54) is 36.1 Å². The zero-order chi connectivity index (χ0) is 34.1. The summed E-state index contributed by atoms with van der Waals surface area (Å²) in [5.41, 5.74) is -8.88. The number of nitrogens with zero attached hydrogens (tertiary/aromatic N) is 1. The zero-order valence-corrected chi connectivity index (χ0v) is 24.0. The van der Waals surface area contributed by atoms with Gasteiger partial charge in [0, 0.05) is 29.7 Å². The maximum Gasteiger partial charge on any atom is 0.435 e. The molecule has 0 bridgehead atoms. The predicted octanol–water partition coefficient (Wildman–Crippen LogP) is 8.43. The summed E-state index contributed by atoms with van der Waals surface area (Å²) in [4.78, 5) is 28.1. The minimum absolute atomic E-state index is 0.0278. The fourth-order valence-electron chi connectivity index (χ4n) is 4.76. The highest BCUT2D eigenvalue weighted by Crippen LogP contribution is 2.54. The normalized spacial score (nSPS) is 12.3. The average Bonchev–Trinajstić information content (AvgIpc) is 2.92. The molecule has 3 aromatic rings. The van der Waals surface area contributed by atoms with Crippen molar-refractivity contribution in [3.05, 3.63) is 87.7 Å². The van der Waals surface area contributed by atoms with E-state index in [0.717, 1.165) is 26.2 Å². The number of carbonyl (C=O) groups is 2. The average molecular weight is 654 g/mol. The summed E-state index contributed by atoms with van der Waals surface area (Å²) in [5.74, 6) is -3.56. The van der Waals surface area contributed by atoms with Gasteiger partial charge in [0.15, 0.2) is 11.5 Å². The van der Waals surface area contributed by atoms with Crippen LogP contribution in [0.1, 0.15) is 49.9 Å². The van der Waals surface area contributed by atoms with Crippen LogP contribution in [0.4, 0.5) is 49.6 Å². The summed E-state index contributed by atoms with van der Waals surface area (Å²) < 4.78 is 145. The van der Waals surface area contributed by atoms with Crippen LogP contribution in [-0.2, 0) is 12.1 Å². The van der Waals surface area contributed by atoms with Gasteiger partial charge in [-0.25, -0.2) is 8.78 Å². The molecular weight excluding hydrogens is 628 g/mol. The van der Waals surface area contributed by atoms with E-state index in [2.05, 4.69) is 4.74 Å². The van der Waals surface area contributed by atoms with Crippen LogP contribution < -0.4 is 14.4 Å². The first-order valence-electron chi connectivity index (χ1n) is 13.0. The van der Waals surface area contributed by atoms with E-state index in [1.807, 2.05) is 0 Å². The fraction of sp³-hybridized carbons (Fsp3) is 0.333. The Morgan fingerprint density at radius 2 is 1.49 bits per heavy atom. The Kier molecular flexibility index (Phi) is 10.1. The topological polar surface area (TPSA) is 55.8 Å². The van der Waals surface area contributed by atoms with Crippen LogP contribution in [0.3, 0.4) is 0 Å². The lowest BCUT2D eigenvalue weighted by Gasteiger charge is -2.31. The van der Waals surface area contributed by atoms with Crippen molar-refractivity contribution in [1.29, 1.82) is 0 Å². The van der Waals surface area contributed by atoms with Crippen LogP contribution in [-0.4, -0.2) is 44.3 Å². The highest BCUT2D eigenvalue weighted by molar-refractivity contribution is 6.09. The number of hydrogen-bond acceptors (Lipinski definition) is 4. The Hall–Kier alpha value is -4.30. The molecule has 0 fully saturated rings. The van der Waals surface area contributed by atoms with Crippen LogP contribution in [0.15, 0.2) is 48.5 Å². The van der Waals surface area contributed by atoms with Gasteiger partial charge in [-0.1, -0.05) is 12.1 Å². The molecule has 0 saturated heterocycles. The van der Waals surface area contributed by atoms with Gasteiger partial charge in [0.2, 0.25) is 0 Å². The standard InChI is InChI=1S/C30H25F10NO4/c1-5-41(26(43)19-10-9-18(31)12-16(19)3)22-8-6-7-20(25(22)44-4)23(42)14-21-15(2)11-17(13-24(21)45-27(32)33)28(34,29(35,36)37)30(38,39)40/h6-13,27H,5,14H2,1-4H3. The molecule has 1 amide bonds. The van der Waals surface area contributed by atoms with Gasteiger partial charge >= 0.3 is 24.6 Å². The number of ether oxygens (including phenoxy) is 2. The number of carbonyl (C=O) groups excluding carboxylic acids is 2. The van der Waals surface area contributed by atoms with E-state index >= 15 is 0 Å². The van der Waals surface area contributed by atoms with E-state index in [4.69, 9.17) is 4.74 Å². The van der Waals surface area contributed by atoms with Crippen molar-refractivity contribution in [3.63, 3.8) is 0 Å². The largest absolute Gasteiger partial charge is 0.494 e. The van der Waals surface area contributed by atoms with Gasteiger partial charge in [-0.05, 0) is 68.3 Å². The van der Waals surface area contributed by atoms with Crippen molar-refractivity contribution >= 4 is 17.4 Å². The zero-order valence-electron chi connectivity index (χ0n) is 24.0. The second-order valence-corrected chi connectivity index (χ2v) is 9.77. The van der Waals surface area contributed by atoms with Gasteiger partial charge in [-0.3, -0.25) is 9.59 Å². The summed E-state index contributed by atoms with van der Waals surface area (Å²) in [6.07, 6.45) is -14.0. The van der Waals surface area contributed by atoms with Crippen LogP contribution in [0.25, 0.3) is 0 Å². The molecule has 0 aromatic heterocycles. The minimum Gasteiger partial charge on any atom is -0.494 e. The SMILES string of the molecule is CCN(C(=O)c1ccc(F)cc1C)c1cccc(C(=O)Cc2c(C)cc(C(F)(C(F)(F)F)C(F)(F)F)cc2OC(F)F)c1OC. The molecule has 0 saturated carbocycles. The quantitative estimate of drug-likeness (QED) is 0.163.